The molecule has 0 saturated heterocycles. The van der Waals surface area contributed by atoms with Crippen LogP contribution in [0.5, 0.6) is 5.75 Å². The SMILES string of the molecule is COc1ccc(F)cc1[C@@H](O)c1cccc(Br)c1. The van der Waals surface area contributed by atoms with Crippen LogP contribution >= 0.6 is 15.9 Å². The van der Waals surface area contributed by atoms with Gasteiger partial charge in [0.05, 0.1) is 7.11 Å². The van der Waals surface area contributed by atoms with Crippen molar-refractivity contribution in [2.45, 2.75) is 6.10 Å². The van der Waals surface area contributed by atoms with Crippen LogP contribution in [0.3, 0.4) is 0 Å². The van der Waals surface area contributed by atoms with Crippen LogP contribution in [-0.4, -0.2) is 12.2 Å². The normalized spacial score (nSPS) is 12.2. The summed E-state index contributed by atoms with van der Waals surface area (Å²) in [7, 11) is 1.49. The minimum absolute atomic E-state index is 0.403. The summed E-state index contributed by atoms with van der Waals surface area (Å²) in [5.74, 6) is 0.0590. The molecule has 18 heavy (non-hydrogen) atoms. The molecular formula is C14H12BrFO2. The van der Waals surface area contributed by atoms with Crippen LogP contribution in [0.1, 0.15) is 17.2 Å². The lowest BCUT2D eigenvalue weighted by Gasteiger charge is -2.15. The molecule has 0 aliphatic rings. The van der Waals surface area contributed by atoms with E-state index < -0.39 is 11.9 Å². The molecule has 0 amide bonds. The van der Waals surface area contributed by atoms with E-state index >= 15 is 0 Å². The Morgan fingerprint density at radius 2 is 2.00 bits per heavy atom. The van der Waals surface area contributed by atoms with E-state index in [9.17, 15) is 9.50 Å². The molecule has 0 heterocycles. The molecule has 0 aliphatic heterocycles. The highest BCUT2D eigenvalue weighted by Gasteiger charge is 2.16. The number of methoxy groups -OCH3 is 1. The molecule has 2 aromatic rings. The third-order valence-corrected chi connectivity index (χ3v) is 3.14. The minimum Gasteiger partial charge on any atom is -0.496 e. The van der Waals surface area contributed by atoms with Crippen molar-refractivity contribution in [2.24, 2.45) is 0 Å². The van der Waals surface area contributed by atoms with E-state index in [1.807, 2.05) is 12.1 Å². The summed E-state index contributed by atoms with van der Waals surface area (Å²) in [6.45, 7) is 0. The molecule has 1 N–H and O–H groups in total. The van der Waals surface area contributed by atoms with E-state index in [-0.39, 0.29) is 0 Å². The van der Waals surface area contributed by atoms with Crippen LogP contribution in [0.25, 0.3) is 0 Å². The molecule has 0 radical (unpaired) electrons. The van der Waals surface area contributed by atoms with Gasteiger partial charge in [0.1, 0.15) is 17.7 Å². The molecule has 94 valence electrons. The predicted octanol–water partition coefficient (Wildman–Crippen LogP) is 3.68. The summed E-state index contributed by atoms with van der Waals surface area (Å²) >= 11 is 3.34. The first kappa shape index (κ1) is 13.1. The van der Waals surface area contributed by atoms with Crippen LogP contribution < -0.4 is 4.74 Å². The number of ether oxygens (including phenoxy) is 1. The summed E-state index contributed by atoms with van der Waals surface area (Å²) in [4.78, 5) is 0. The number of aliphatic hydroxyl groups excluding tert-OH is 1. The highest BCUT2D eigenvalue weighted by atomic mass is 79.9. The highest BCUT2D eigenvalue weighted by Crippen LogP contribution is 2.31. The molecule has 1 atom stereocenters. The second-order valence-corrected chi connectivity index (χ2v) is 4.76. The lowest BCUT2D eigenvalue weighted by Crippen LogP contribution is -2.03. The standard InChI is InChI=1S/C14H12BrFO2/c1-18-13-6-5-11(16)8-12(13)14(17)9-3-2-4-10(15)7-9/h2-8,14,17H,1H3/t14-/m0/s1. The van der Waals surface area contributed by atoms with Crippen LogP contribution in [0.2, 0.25) is 0 Å². The fraction of sp³-hybridized carbons (Fsp3) is 0.143. The van der Waals surface area contributed by atoms with Gasteiger partial charge < -0.3 is 9.84 Å². The zero-order valence-electron chi connectivity index (χ0n) is 9.73. The zero-order chi connectivity index (χ0) is 13.1. The van der Waals surface area contributed by atoms with E-state index in [4.69, 9.17) is 4.74 Å². The smallest absolute Gasteiger partial charge is 0.125 e. The minimum atomic E-state index is -0.923. The third kappa shape index (κ3) is 2.71. The second-order valence-electron chi connectivity index (χ2n) is 3.84. The van der Waals surface area contributed by atoms with Gasteiger partial charge in [-0.15, -0.1) is 0 Å². The van der Waals surface area contributed by atoms with Gasteiger partial charge in [0, 0.05) is 10.0 Å². The van der Waals surface area contributed by atoms with Gasteiger partial charge >= 0.3 is 0 Å². The Morgan fingerprint density at radius 1 is 1.22 bits per heavy atom. The monoisotopic (exact) mass is 310 g/mol. The number of benzene rings is 2. The molecule has 0 unspecified atom stereocenters. The Bertz CT molecular complexity index is 557. The van der Waals surface area contributed by atoms with Gasteiger partial charge in [-0.1, -0.05) is 28.1 Å². The molecular weight excluding hydrogens is 299 g/mol. The lowest BCUT2D eigenvalue weighted by molar-refractivity contribution is 0.214. The number of hydrogen-bond donors (Lipinski definition) is 1. The number of rotatable bonds is 3. The van der Waals surface area contributed by atoms with Crippen molar-refractivity contribution in [2.75, 3.05) is 7.11 Å². The maximum absolute atomic E-state index is 13.3. The number of aliphatic hydroxyl groups is 1. The van der Waals surface area contributed by atoms with Gasteiger partial charge in [-0.05, 0) is 35.9 Å². The Labute approximate surface area is 113 Å². The maximum Gasteiger partial charge on any atom is 0.125 e. The molecule has 0 bridgehead atoms. The summed E-state index contributed by atoms with van der Waals surface area (Å²) in [6.07, 6.45) is -0.923. The summed E-state index contributed by atoms with van der Waals surface area (Å²) in [5.41, 5.74) is 1.09. The number of halogens is 2. The molecule has 0 fully saturated rings. The van der Waals surface area contributed by atoms with Crippen molar-refractivity contribution in [3.05, 3.63) is 63.9 Å². The molecule has 2 aromatic carbocycles. The molecule has 0 spiro atoms. The Balaban J connectivity index is 2.44. The fourth-order valence-electron chi connectivity index (χ4n) is 1.78. The summed E-state index contributed by atoms with van der Waals surface area (Å²) in [6, 6.07) is 11.3. The van der Waals surface area contributed by atoms with Gasteiger partial charge in [-0.2, -0.15) is 0 Å². The largest absolute Gasteiger partial charge is 0.496 e. The van der Waals surface area contributed by atoms with E-state index in [1.165, 1.54) is 25.3 Å². The maximum atomic E-state index is 13.3. The van der Waals surface area contributed by atoms with E-state index in [2.05, 4.69) is 15.9 Å². The first-order valence-electron chi connectivity index (χ1n) is 5.39. The van der Waals surface area contributed by atoms with Crippen LogP contribution in [0.15, 0.2) is 46.9 Å². The summed E-state index contributed by atoms with van der Waals surface area (Å²) in [5, 5.41) is 10.3. The quantitative estimate of drug-likeness (QED) is 0.937. The van der Waals surface area contributed by atoms with E-state index in [1.54, 1.807) is 12.1 Å². The van der Waals surface area contributed by atoms with Gasteiger partial charge in [0.25, 0.3) is 0 Å². The average molecular weight is 311 g/mol. The van der Waals surface area contributed by atoms with Crippen LogP contribution in [0.4, 0.5) is 4.39 Å². The molecule has 2 rings (SSSR count). The van der Waals surface area contributed by atoms with Crippen molar-refractivity contribution < 1.29 is 14.2 Å². The van der Waals surface area contributed by atoms with Crippen LogP contribution in [-0.2, 0) is 0 Å². The lowest BCUT2D eigenvalue weighted by atomic mass is 10.0. The summed E-state index contributed by atoms with van der Waals surface area (Å²) < 4.78 is 19.3. The van der Waals surface area contributed by atoms with E-state index in [0.717, 1.165) is 4.47 Å². The van der Waals surface area contributed by atoms with E-state index in [0.29, 0.717) is 16.9 Å². The van der Waals surface area contributed by atoms with Crippen molar-refractivity contribution >= 4 is 15.9 Å². The fourth-order valence-corrected chi connectivity index (χ4v) is 2.19. The Hall–Kier alpha value is -1.39. The molecule has 0 saturated carbocycles. The average Bonchev–Trinajstić information content (AvgIpc) is 2.38. The number of hydrogen-bond acceptors (Lipinski definition) is 2. The van der Waals surface area contributed by atoms with Crippen molar-refractivity contribution in [1.82, 2.24) is 0 Å². The van der Waals surface area contributed by atoms with Gasteiger partial charge in [-0.25, -0.2) is 4.39 Å². The van der Waals surface area contributed by atoms with Crippen LogP contribution in [0, 0.1) is 5.82 Å². The first-order chi connectivity index (χ1) is 8.61. The third-order valence-electron chi connectivity index (χ3n) is 2.65. The zero-order valence-corrected chi connectivity index (χ0v) is 11.3. The molecule has 2 nitrogen and oxygen atoms in total. The Kier molecular flexibility index (Phi) is 3.99. The van der Waals surface area contributed by atoms with Crippen molar-refractivity contribution in [1.29, 1.82) is 0 Å². The van der Waals surface area contributed by atoms with Crippen molar-refractivity contribution in [3.63, 3.8) is 0 Å². The first-order valence-corrected chi connectivity index (χ1v) is 6.18. The molecule has 4 heteroatoms. The van der Waals surface area contributed by atoms with Gasteiger partial charge in [-0.3, -0.25) is 0 Å². The van der Waals surface area contributed by atoms with Gasteiger partial charge in [0.2, 0.25) is 0 Å². The predicted molar refractivity (Wildman–Crippen MR) is 71.2 cm³/mol. The molecule has 0 aliphatic carbocycles. The molecule has 0 aromatic heterocycles. The topological polar surface area (TPSA) is 29.5 Å². The Morgan fingerprint density at radius 3 is 2.67 bits per heavy atom. The second kappa shape index (κ2) is 5.50. The van der Waals surface area contributed by atoms with Gasteiger partial charge in [0.15, 0.2) is 0 Å². The highest BCUT2D eigenvalue weighted by molar-refractivity contribution is 9.10. The van der Waals surface area contributed by atoms with Crippen molar-refractivity contribution in [3.8, 4) is 5.75 Å².